The molecule has 1 aromatic carbocycles. The molecule has 21 heavy (non-hydrogen) atoms. The number of nitrogens with zero attached hydrogens (tertiary/aromatic N) is 1. The molecule has 0 unspecified atom stereocenters. The van der Waals surface area contributed by atoms with Crippen LogP contribution in [0.2, 0.25) is 0 Å². The molecule has 2 N–H and O–H groups in total. The topological polar surface area (TPSA) is 55.6 Å². The van der Waals surface area contributed by atoms with Gasteiger partial charge in [-0.05, 0) is 30.5 Å². The van der Waals surface area contributed by atoms with Gasteiger partial charge < -0.3 is 15.4 Å². The van der Waals surface area contributed by atoms with Crippen molar-refractivity contribution >= 4 is 28.7 Å². The molecule has 2 rings (SSSR count). The molecular formula is C15H17FN2O2S. The third-order valence-corrected chi connectivity index (χ3v) is 4.03. The average Bonchev–Trinajstić information content (AvgIpc) is 2.97. The Morgan fingerprint density at radius 2 is 2.24 bits per heavy atom. The molecule has 0 bridgehead atoms. The molecule has 0 amide bonds. The van der Waals surface area contributed by atoms with Crippen LogP contribution in [0.3, 0.4) is 0 Å². The minimum absolute atomic E-state index is 0.0790. The van der Waals surface area contributed by atoms with E-state index in [1.807, 2.05) is 29.3 Å². The van der Waals surface area contributed by atoms with Crippen LogP contribution in [0.1, 0.15) is 22.2 Å². The summed E-state index contributed by atoms with van der Waals surface area (Å²) in [6.07, 6.45) is 0. The highest BCUT2D eigenvalue weighted by Crippen LogP contribution is 2.28. The maximum absolute atomic E-state index is 14.2. The largest absolute Gasteiger partial charge is 0.465 e. The molecular weight excluding hydrogens is 291 g/mol. The Morgan fingerprint density at radius 1 is 1.48 bits per heavy atom. The van der Waals surface area contributed by atoms with E-state index in [0.717, 1.165) is 4.88 Å². The number of benzene rings is 1. The number of thiophene rings is 1. The first-order valence-electron chi connectivity index (χ1n) is 6.51. The third kappa shape index (κ3) is 3.33. The SMILES string of the molecule is CCN(Cc1cccs1)c1cc(C(=O)OC)c(N)cc1F. The van der Waals surface area contributed by atoms with Gasteiger partial charge in [0.2, 0.25) is 0 Å². The monoisotopic (exact) mass is 308 g/mol. The van der Waals surface area contributed by atoms with E-state index in [2.05, 4.69) is 4.74 Å². The highest BCUT2D eigenvalue weighted by Gasteiger charge is 2.18. The average molecular weight is 308 g/mol. The lowest BCUT2D eigenvalue weighted by Crippen LogP contribution is -2.23. The Balaban J connectivity index is 2.38. The van der Waals surface area contributed by atoms with Crippen molar-refractivity contribution in [2.24, 2.45) is 0 Å². The van der Waals surface area contributed by atoms with E-state index in [1.54, 1.807) is 11.3 Å². The third-order valence-electron chi connectivity index (χ3n) is 3.17. The van der Waals surface area contributed by atoms with Crippen LogP contribution in [0.15, 0.2) is 29.6 Å². The molecule has 0 atom stereocenters. The predicted molar refractivity (Wildman–Crippen MR) is 83.2 cm³/mol. The zero-order valence-electron chi connectivity index (χ0n) is 11.9. The summed E-state index contributed by atoms with van der Waals surface area (Å²) in [6, 6.07) is 6.56. The Morgan fingerprint density at radius 3 is 2.81 bits per heavy atom. The van der Waals surface area contributed by atoms with Crippen molar-refractivity contribution in [3.8, 4) is 0 Å². The second-order valence-electron chi connectivity index (χ2n) is 4.48. The van der Waals surface area contributed by atoms with E-state index in [4.69, 9.17) is 5.73 Å². The molecule has 0 aliphatic rings. The predicted octanol–water partition coefficient (Wildman–Crippen LogP) is 3.28. The fourth-order valence-corrected chi connectivity index (χ4v) is 2.78. The summed E-state index contributed by atoms with van der Waals surface area (Å²) in [4.78, 5) is 14.7. The van der Waals surface area contributed by atoms with Crippen LogP contribution in [0.5, 0.6) is 0 Å². The molecule has 4 nitrogen and oxygen atoms in total. The van der Waals surface area contributed by atoms with Crippen LogP contribution in [0.25, 0.3) is 0 Å². The van der Waals surface area contributed by atoms with E-state index < -0.39 is 11.8 Å². The van der Waals surface area contributed by atoms with E-state index in [-0.39, 0.29) is 11.3 Å². The number of methoxy groups -OCH3 is 1. The van der Waals surface area contributed by atoms with Crippen molar-refractivity contribution in [3.63, 3.8) is 0 Å². The number of carbonyl (C=O) groups excluding carboxylic acids is 1. The molecule has 0 radical (unpaired) electrons. The number of ether oxygens (including phenoxy) is 1. The molecule has 0 aliphatic carbocycles. The van der Waals surface area contributed by atoms with Gasteiger partial charge in [-0.15, -0.1) is 11.3 Å². The molecule has 2 aromatic rings. The van der Waals surface area contributed by atoms with Crippen molar-refractivity contribution in [3.05, 3.63) is 45.9 Å². The first-order chi connectivity index (χ1) is 10.1. The van der Waals surface area contributed by atoms with Gasteiger partial charge in [0.25, 0.3) is 0 Å². The first kappa shape index (κ1) is 15.3. The Hall–Kier alpha value is -2.08. The van der Waals surface area contributed by atoms with Gasteiger partial charge in [-0.3, -0.25) is 0 Å². The van der Waals surface area contributed by atoms with Gasteiger partial charge in [-0.25, -0.2) is 9.18 Å². The van der Waals surface area contributed by atoms with Crippen molar-refractivity contribution in [1.82, 2.24) is 0 Å². The lowest BCUT2D eigenvalue weighted by molar-refractivity contribution is 0.0602. The van der Waals surface area contributed by atoms with E-state index in [0.29, 0.717) is 18.8 Å². The van der Waals surface area contributed by atoms with Gasteiger partial charge in [0.1, 0.15) is 5.82 Å². The second-order valence-corrected chi connectivity index (χ2v) is 5.51. The molecule has 112 valence electrons. The molecule has 1 heterocycles. The standard InChI is InChI=1S/C15H17FN2O2S/c1-3-18(9-10-5-4-6-21-10)14-7-11(15(19)20-2)13(17)8-12(14)16/h4-8H,3,9,17H2,1-2H3. The van der Waals surface area contributed by atoms with Crippen LogP contribution in [-0.4, -0.2) is 19.6 Å². The number of halogens is 1. The molecule has 0 saturated heterocycles. The summed E-state index contributed by atoms with van der Waals surface area (Å²) in [5.41, 5.74) is 6.29. The number of nitrogen functional groups attached to an aromatic ring is 1. The van der Waals surface area contributed by atoms with Gasteiger partial charge in [-0.1, -0.05) is 6.07 Å². The number of esters is 1. The summed E-state index contributed by atoms with van der Waals surface area (Å²) < 4.78 is 18.9. The van der Waals surface area contributed by atoms with Gasteiger partial charge in [-0.2, -0.15) is 0 Å². The molecule has 0 fully saturated rings. The number of nitrogens with two attached hydrogens (primary N) is 1. The minimum Gasteiger partial charge on any atom is -0.465 e. The Labute approximate surface area is 126 Å². The van der Waals surface area contributed by atoms with Crippen molar-refractivity contribution in [2.45, 2.75) is 13.5 Å². The maximum Gasteiger partial charge on any atom is 0.340 e. The molecule has 6 heteroatoms. The van der Waals surface area contributed by atoms with Crippen LogP contribution < -0.4 is 10.6 Å². The second kappa shape index (κ2) is 6.58. The van der Waals surface area contributed by atoms with Crippen molar-refractivity contribution in [1.29, 1.82) is 0 Å². The zero-order chi connectivity index (χ0) is 15.4. The summed E-state index contributed by atoms with van der Waals surface area (Å²) in [5.74, 6) is -1.01. The number of hydrogen-bond acceptors (Lipinski definition) is 5. The zero-order valence-corrected chi connectivity index (χ0v) is 12.7. The van der Waals surface area contributed by atoms with Gasteiger partial charge in [0, 0.05) is 17.1 Å². The number of hydrogen-bond donors (Lipinski definition) is 1. The van der Waals surface area contributed by atoms with Gasteiger partial charge >= 0.3 is 5.97 Å². The number of rotatable bonds is 5. The first-order valence-corrected chi connectivity index (χ1v) is 7.39. The van der Waals surface area contributed by atoms with Gasteiger partial charge in [0.05, 0.1) is 24.9 Å². The molecule has 0 spiro atoms. The summed E-state index contributed by atoms with van der Waals surface area (Å²) in [5, 5.41) is 1.97. The van der Waals surface area contributed by atoms with Crippen LogP contribution in [-0.2, 0) is 11.3 Å². The van der Waals surface area contributed by atoms with E-state index >= 15 is 0 Å². The molecule has 1 aromatic heterocycles. The fourth-order valence-electron chi connectivity index (χ4n) is 2.06. The van der Waals surface area contributed by atoms with E-state index in [9.17, 15) is 9.18 Å². The smallest absolute Gasteiger partial charge is 0.340 e. The summed E-state index contributed by atoms with van der Waals surface area (Å²) in [7, 11) is 1.27. The highest BCUT2D eigenvalue weighted by molar-refractivity contribution is 7.09. The highest BCUT2D eigenvalue weighted by atomic mass is 32.1. The lowest BCUT2D eigenvalue weighted by atomic mass is 10.1. The minimum atomic E-state index is -0.569. The van der Waals surface area contributed by atoms with Crippen LogP contribution in [0.4, 0.5) is 15.8 Å². The van der Waals surface area contributed by atoms with Crippen LogP contribution >= 0.6 is 11.3 Å². The van der Waals surface area contributed by atoms with E-state index in [1.165, 1.54) is 19.2 Å². The Kier molecular flexibility index (Phi) is 4.80. The lowest BCUT2D eigenvalue weighted by Gasteiger charge is -2.24. The number of anilines is 2. The number of carbonyl (C=O) groups is 1. The molecule has 0 aliphatic heterocycles. The Bertz CT molecular complexity index is 629. The van der Waals surface area contributed by atoms with Crippen molar-refractivity contribution in [2.75, 3.05) is 24.3 Å². The molecule has 0 saturated carbocycles. The van der Waals surface area contributed by atoms with Gasteiger partial charge in [0.15, 0.2) is 0 Å². The fraction of sp³-hybridized carbons (Fsp3) is 0.267. The van der Waals surface area contributed by atoms with Crippen molar-refractivity contribution < 1.29 is 13.9 Å². The summed E-state index contributed by atoms with van der Waals surface area (Å²) >= 11 is 1.60. The van der Waals surface area contributed by atoms with Crippen LogP contribution in [0, 0.1) is 5.82 Å². The normalized spacial score (nSPS) is 10.4. The maximum atomic E-state index is 14.2. The summed E-state index contributed by atoms with van der Waals surface area (Å²) in [6.45, 7) is 3.12. The quantitative estimate of drug-likeness (QED) is 0.680.